The maximum atomic E-state index is 12.6. The summed E-state index contributed by atoms with van der Waals surface area (Å²) in [4.78, 5) is 39.6. The lowest BCUT2D eigenvalue weighted by atomic mass is 10.0. The van der Waals surface area contributed by atoms with E-state index in [4.69, 9.17) is 5.73 Å². The SMILES string of the molecule is CC(CCCN(C)N=O)NC(=O)C(NC(=O)CCN(C)CCN(C)CCN)C(C)C. The van der Waals surface area contributed by atoms with Gasteiger partial charge in [-0.15, -0.1) is 4.91 Å². The summed E-state index contributed by atoms with van der Waals surface area (Å²) < 4.78 is 0. The first-order chi connectivity index (χ1) is 14.1. The largest absolute Gasteiger partial charge is 0.352 e. The molecule has 0 aliphatic rings. The minimum atomic E-state index is -0.569. The number of nitrogens with one attached hydrogen (secondary N) is 2. The average molecular weight is 430 g/mol. The van der Waals surface area contributed by atoms with E-state index in [0.717, 1.165) is 32.5 Å². The van der Waals surface area contributed by atoms with Crippen LogP contribution in [0, 0.1) is 10.8 Å². The maximum absolute atomic E-state index is 12.6. The Hall–Kier alpha value is -1.78. The Morgan fingerprint density at radius 1 is 0.933 bits per heavy atom. The Bertz CT molecular complexity index is 505. The molecule has 0 aromatic carbocycles. The van der Waals surface area contributed by atoms with Crippen LogP contribution in [0.1, 0.15) is 40.0 Å². The fourth-order valence-corrected chi connectivity index (χ4v) is 2.93. The number of nitroso groups, excluding NO2 is 1. The summed E-state index contributed by atoms with van der Waals surface area (Å²) in [6.45, 7) is 10.1. The fourth-order valence-electron chi connectivity index (χ4n) is 2.93. The summed E-state index contributed by atoms with van der Waals surface area (Å²) in [5.41, 5.74) is 5.54. The van der Waals surface area contributed by atoms with Gasteiger partial charge in [-0.25, -0.2) is 0 Å². The third-order valence-electron chi connectivity index (χ3n) is 5.01. The highest BCUT2D eigenvalue weighted by Crippen LogP contribution is 2.05. The average Bonchev–Trinajstić information content (AvgIpc) is 2.68. The number of likely N-dealkylation sites (N-methyl/N-ethyl adjacent to an activating group) is 2. The summed E-state index contributed by atoms with van der Waals surface area (Å²) in [5.74, 6) is -0.323. The molecule has 2 atom stereocenters. The van der Waals surface area contributed by atoms with E-state index >= 15 is 0 Å². The summed E-state index contributed by atoms with van der Waals surface area (Å²) in [6, 6.07) is -0.618. The van der Waals surface area contributed by atoms with Crippen molar-refractivity contribution in [3.8, 4) is 0 Å². The third kappa shape index (κ3) is 13.4. The Kier molecular flexibility index (Phi) is 15.0. The summed E-state index contributed by atoms with van der Waals surface area (Å²) in [6.07, 6.45) is 1.82. The van der Waals surface area contributed by atoms with E-state index in [1.54, 1.807) is 7.05 Å². The van der Waals surface area contributed by atoms with Crippen LogP contribution in [-0.4, -0.2) is 99.1 Å². The van der Waals surface area contributed by atoms with Gasteiger partial charge in [0.2, 0.25) is 11.8 Å². The molecule has 0 aromatic heterocycles. The van der Waals surface area contributed by atoms with Crippen molar-refractivity contribution in [1.82, 2.24) is 25.4 Å². The van der Waals surface area contributed by atoms with Crippen molar-refractivity contribution in [3.05, 3.63) is 4.91 Å². The smallest absolute Gasteiger partial charge is 0.243 e. The van der Waals surface area contributed by atoms with Crippen molar-refractivity contribution in [2.24, 2.45) is 16.9 Å². The minimum Gasteiger partial charge on any atom is -0.352 e. The van der Waals surface area contributed by atoms with Crippen LogP contribution in [0.4, 0.5) is 0 Å². The Morgan fingerprint density at radius 3 is 2.07 bits per heavy atom. The molecule has 2 amide bonds. The minimum absolute atomic E-state index is 0.0193. The molecular formula is C20H43N7O3. The van der Waals surface area contributed by atoms with Crippen molar-refractivity contribution < 1.29 is 9.59 Å². The lowest BCUT2D eigenvalue weighted by Crippen LogP contribution is -2.52. The molecule has 10 nitrogen and oxygen atoms in total. The van der Waals surface area contributed by atoms with Crippen LogP contribution in [0.5, 0.6) is 0 Å². The Labute approximate surface area is 181 Å². The molecule has 0 rings (SSSR count). The van der Waals surface area contributed by atoms with Gasteiger partial charge in [0.1, 0.15) is 6.04 Å². The van der Waals surface area contributed by atoms with Gasteiger partial charge in [-0.3, -0.25) is 14.6 Å². The van der Waals surface area contributed by atoms with Gasteiger partial charge in [0, 0.05) is 58.8 Å². The molecule has 0 fully saturated rings. The van der Waals surface area contributed by atoms with E-state index in [1.807, 2.05) is 34.9 Å². The zero-order chi connectivity index (χ0) is 23.1. The molecular weight excluding hydrogens is 386 g/mol. The number of nitrogens with two attached hydrogens (primary N) is 1. The van der Waals surface area contributed by atoms with Gasteiger partial charge < -0.3 is 26.2 Å². The highest BCUT2D eigenvalue weighted by Gasteiger charge is 2.25. The van der Waals surface area contributed by atoms with Gasteiger partial charge >= 0.3 is 0 Å². The number of carbonyl (C=O) groups excluding carboxylic acids is 2. The van der Waals surface area contributed by atoms with Crippen LogP contribution < -0.4 is 16.4 Å². The molecule has 4 N–H and O–H groups in total. The van der Waals surface area contributed by atoms with E-state index in [2.05, 4.69) is 25.7 Å². The number of rotatable bonds is 17. The van der Waals surface area contributed by atoms with Crippen LogP contribution >= 0.6 is 0 Å². The molecule has 2 unspecified atom stereocenters. The number of nitrogens with zero attached hydrogens (tertiary/aromatic N) is 4. The first-order valence-electron chi connectivity index (χ1n) is 10.8. The van der Waals surface area contributed by atoms with Crippen molar-refractivity contribution >= 4 is 11.8 Å². The highest BCUT2D eigenvalue weighted by atomic mass is 16.3. The molecule has 10 heteroatoms. The van der Waals surface area contributed by atoms with Gasteiger partial charge in [-0.05, 0) is 39.8 Å². The first kappa shape index (κ1) is 28.2. The molecule has 0 aliphatic carbocycles. The van der Waals surface area contributed by atoms with Crippen LogP contribution in [0.3, 0.4) is 0 Å². The topological polar surface area (TPSA) is 123 Å². The quantitative estimate of drug-likeness (QED) is 0.223. The summed E-state index contributed by atoms with van der Waals surface area (Å²) >= 11 is 0. The highest BCUT2D eigenvalue weighted by molar-refractivity contribution is 5.88. The molecule has 0 heterocycles. The molecule has 0 aliphatic heterocycles. The second kappa shape index (κ2) is 16.0. The Balaban J connectivity index is 4.37. The summed E-state index contributed by atoms with van der Waals surface area (Å²) in [5, 5.41) is 10.00. The Morgan fingerprint density at radius 2 is 1.53 bits per heavy atom. The molecule has 0 radical (unpaired) electrons. The lowest BCUT2D eigenvalue weighted by Gasteiger charge is -2.25. The van der Waals surface area contributed by atoms with Gasteiger partial charge in [-0.2, -0.15) is 0 Å². The van der Waals surface area contributed by atoms with Crippen molar-refractivity contribution in [1.29, 1.82) is 0 Å². The van der Waals surface area contributed by atoms with Crippen molar-refractivity contribution in [2.45, 2.75) is 52.1 Å². The monoisotopic (exact) mass is 429 g/mol. The standard InChI is InChI=1S/C20H43N7O3/c1-16(2)19(20(29)22-17(3)8-7-11-27(6)24-30)23-18(28)9-12-25(4)14-15-26(5)13-10-21/h16-17,19H,7-15,21H2,1-6H3,(H,22,29)(H,23,28). The van der Waals surface area contributed by atoms with Gasteiger partial charge in [0.15, 0.2) is 0 Å². The molecule has 0 saturated heterocycles. The molecule has 0 bridgehead atoms. The van der Waals surface area contributed by atoms with Crippen LogP contribution in [0.15, 0.2) is 5.29 Å². The lowest BCUT2D eigenvalue weighted by molar-refractivity contribution is -0.130. The van der Waals surface area contributed by atoms with Gasteiger partial charge in [0.25, 0.3) is 0 Å². The van der Waals surface area contributed by atoms with Crippen LogP contribution in [0.2, 0.25) is 0 Å². The van der Waals surface area contributed by atoms with Crippen LogP contribution in [0.25, 0.3) is 0 Å². The zero-order valence-electron chi connectivity index (χ0n) is 19.7. The van der Waals surface area contributed by atoms with Crippen LogP contribution in [-0.2, 0) is 9.59 Å². The van der Waals surface area contributed by atoms with E-state index in [0.29, 0.717) is 26.1 Å². The molecule has 30 heavy (non-hydrogen) atoms. The first-order valence-corrected chi connectivity index (χ1v) is 10.8. The predicted octanol–water partition coefficient (Wildman–Crippen LogP) is 0.238. The second-order valence-electron chi connectivity index (χ2n) is 8.45. The van der Waals surface area contributed by atoms with Gasteiger partial charge in [0.05, 0.1) is 5.29 Å². The molecule has 0 aromatic rings. The molecule has 0 saturated carbocycles. The van der Waals surface area contributed by atoms with E-state index in [1.165, 1.54) is 5.01 Å². The number of hydrogen-bond donors (Lipinski definition) is 3. The number of carbonyl (C=O) groups is 2. The predicted molar refractivity (Wildman–Crippen MR) is 121 cm³/mol. The number of amides is 2. The van der Waals surface area contributed by atoms with Gasteiger partial charge in [-0.1, -0.05) is 13.8 Å². The normalized spacial score (nSPS) is 13.4. The maximum Gasteiger partial charge on any atom is 0.243 e. The fraction of sp³-hybridized carbons (Fsp3) is 0.900. The molecule has 176 valence electrons. The third-order valence-corrected chi connectivity index (χ3v) is 5.01. The molecule has 0 spiro atoms. The van der Waals surface area contributed by atoms with E-state index in [9.17, 15) is 14.5 Å². The van der Waals surface area contributed by atoms with Crippen molar-refractivity contribution in [2.75, 3.05) is 60.4 Å². The van der Waals surface area contributed by atoms with E-state index in [-0.39, 0.29) is 23.8 Å². The van der Waals surface area contributed by atoms with E-state index < -0.39 is 6.04 Å². The zero-order valence-corrected chi connectivity index (χ0v) is 19.7. The second-order valence-corrected chi connectivity index (χ2v) is 8.45. The van der Waals surface area contributed by atoms with Crippen molar-refractivity contribution in [3.63, 3.8) is 0 Å². The summed E-state index contributed by atoms with van der Waals surface area (Å²) in [7, 11) is 5.63. The number of hydrogen-bond acceptors (Lipinski definition) is 7.